The minimum atomic E-state index is -0.489. The highest BCUT2D eigenvalue weighted by Gasteiger charge is 2.13. The molecule has 0 aliphatic rings. The third-order valence-corrected chi connectivity index (χ3v) is 5.22. The van der Waals surface area contributed by atoms with E-state index >= 15 is 0 Å². The van der Waals surface area contributed by atoms with Gasteiger partial charge in [-0.15, -0.1) is 11.3 Å². The quantitative estimate of drug-likeness (QED) is 0.339. The Hall–Kier alpha value is -2.49. The number of fused-ring (bicyclic) bond motifs is 1. The molecule has 132 valence electrons. The SMILES string of the molecule is O=C(N/N=C/c1cc(Br)cc(Cl)c1O)c1cc2cc([N+](=O)[O-])ccc2s1. The average Bonchev–Trinajstić information content (AvgIpc) is 3.02. The van der Waals surface area contributed by atoms with Crippen molar-refractivity contribution in [2.75, 3.05) is 0 Å². The largest absolute Gasteiger partial charge is 0.506 e. The van der Waals surface area contributed by atoms with Crippen LogP contribution < -0.4 is 5.43 Å². The monoisotopic (exact) mass is 453 g/mol. The van der Waals surface area contributed by atoms with Crippen LogP contribution >= 0.6 is 38.9 Å². The lowest BCUT2D eigenvalue weighted by Gasteiger charge is -2.02. The zero-order valence-electron chi connectivity index (χ0n) is 12.8. The number of benzene rings is 2. The first-order valence-corrected chi connectivity index (χ1v) is 9.03. The van der Waals surface area contributed by atoms with Crippen molar-refractivity contribution in [3.05, 3.63) is 66.4 Å². The van der Waals surface area contributed by atoms with E-state index in [0.717, 1.165) is 4.70 Å². The summed E-state index contributed by atoms with van der Waals surface area (Å²) in [7, 11) is 0. The number of phenols is 1. The molecular formula is C16H9BrClN3O4S. The second kappa shape index (κ2) is 7.40. The van der Waals surface area contributed by atoms with E-state index in [1.165, 1.54) is 35.8 Å². The van der Waals surface area contributed by atoms with Gasteiger partial charge in [0.2, 0.25) is 0 Å². The van der Waals surface area contributed by atoms with E-state index in [1.807, 2.05) is 0 Å². The highest BCUT2D eigenvalue weighted by Crippen LogP contribution is 2.30. The molecule has 3 rings (SSSR count). The lowest BCUT2D eigenvalue weighted by molar-refractivity contribution is -0.384. The fourth-order valence-electron chi connectivity index (χ4n) is 2.16. The normalized spacial score (nSPS) is 11.2. The van der Waals surface area contributed by atoms with Gasteiger partial charge in [0.05, 0.1) is 21.0 Å². The lowest BCUT2D eigenvalue weighted by Crippen LogP contribution is -2.16. The van der Waals surface area contributed by atoms with Gasteiger partial charge in [-0.1, -0.05) is 27.5 Å². The molecule has 10 heteroatoms. The van der Waals surface area contributed by atoms with Gasteiger partial charge in [0.15, 0.2) is 0 Å². The van der Waals surface area contributed by atoms with Crippen LogP contribution in [0, 0.1) is 10.1 Å². The van der Waals surface area contributed by atoms with Crippen LogP contribution in [0.5, 0.6) is 5.75 Å². The Morgan fingerprint density at radius 1 is 1.35 bits per heavy atom. The van der Waals surface area contributed by atoms with Gasteiger partial charge in [-0.2, -0.15) is 5.10 Å². The Morgan fingerprint density at radius 2 is 2.12 bits per heavy atom. The van der Waals surface area contributed by atoms with Crippen LogP contribution in [-0.4, -0.2) is 22.2 Å². The van der Waals surface area contributed by atoms with Crippen molar-refractivity contribution in [2.24, 2.45) is 5.10 Å². The number of carbonyl (C=O) groups excluding carboxylic acids is 1. The summed E-state index contributed by atoms with van der Waals surface area (Å²) in [6.07, 6.45) is 1.27. The Morgan fingerprint density at radius 3 is 2.85 bits per heavy atom. The molecule has 1 amide bonds. The summed E-state index contributed by atoms with van der Waals surface area (Å²) in [6.45, 7) is 0. The van der Waals surface area contributed by atoms with E-state index in [9.17, 15) is 20.0 Å². The molecule has 3 aromatic rings. The maximum absolute atomic E-state index is 12.2. The van der Waals surface area contributed by atoms with E-state index in [2.05, 4.69) is 26.5 Å². The molecular weight excluding hydrogens is 446 g/mol. The molecule has 0 fully saturated rings. The molecule has 26 heavy (non-hydrogen) atoms. The molecule has 0 saturated heterocycles. The van der Waals surface area contributed by atoms with Crippen molar-refractivity contribution in [2.45, 2.75) is 0 Å². The van der Waals surface area contributed by atoms with Crippen molar-refractivity contribution in [1.29, 1.82) is 0 Å². The average molecular weight is 455 g/mol. The highest BCUT2D eigenvalue weighted by atomic mass is 79.9. The number of aromatic hydroxyl groups is 1. The zero-order chi connectivity index (χ0) is 18.8. The number of nitrogens with one attached hydrogen (secondary N) is 1. The van der Waals surface area contributed by atoms with Crippen LogP contribution in [0.3, 0.4) is 0 Å². The molecule has 2 aromatic carbocycles. The van der Waals surface area contributed by atoms with E-state index in [0.29, 0.717) is 20.3 Å². The molecule has 2 N–H and O–H groups in total. The number of halogens is 2. The summed E-state index contributed by atoms with van der Waals surface area (Å²) in [6, 6.07) is 9.08. The van der Waals surface area contributed by atoms with Crippen molar-refractivity contribution < 1.29 is 14.8 Å². The van der Waals surface area contributed by atoms with Crippen molar-refractivity contribution in [3.63, 3.8) is 0 Å². The number of hydrazone groups is 1. The fourth-order valence-corrected chi connectivity index (χ4v) is 3.92. The van der Waals surface area contributed by atoms with Crippen LogP contribution in [0.2, 0.25) is 5.02 Å². The predicted molar refractivity (Wildman–Crippen MR) is 104 cm³/mol. The number of rotatable bonds is 4. The predicted octanol–water partition coefficient (Wildman–Crippen LogP) is 4.69. The number of carbonyl (C=O) groups is 1. The van der Waals surface area contributed by atoms with Gasteiger partial charge in [-0.3, -0.25) is 14.9 Å². The maximum atomic E-state index is 12.2. The number of hydrogen-bond donors (Lipinski definition) is 2. The highest BCUT2D eigenvalue weighted by molar-refractivity contribution is 9.10. The number of non-ortho nitro benzene ring substituents is 1. The summed E-state index contributed by atoms with van der Waals surface area (Å²) in [5, 5.41) is 25.2. The third-order valence-electron chi connectivity index (χ3n) is 3.36. The molecule has 7 nitrogen and oxygen atoms in total. The Labute approximate surface area is 164 Å². The van der Waals surface area contributed by atoms with Gasteiger partial charge in [0.1, 0.15) is 5.75 Å². The Kier molecular flexibility index (Phi) is 5.21. The lowest BCUT2D eigenvalue weighted by atomic mass is 10.2. The first kappa shape index (κ1) is 18.3. The van der Waals surface area contributed by atoms with Crippen molar-refractivity contribution >= 4 is 66.8 Å². The van der Waals surface area contributed by atoms with Crippen LogP contribution in [0.4, 0.5) is 5.69 Å². The van der Waals surface area contributed by atoms with Crippen LogP contribution in [0.15, 0.2) is 46.0 Å². The van der Waals surface area contributed by atoms with Crippen molar-refractivity contribution in [1.82, 2.24) is 5.43 Å². The van der Waals surface area contributed by atoms with Gasteiger partial charge in [-0.05, 0) is 24.3 Å². The number of nitro groups is 1. The second-order valence-electron chi connectivity index (χ2n) is 5.11. The number of thiophene rings is 1. The number of nitrogens with zero attached hydrogens (tertiary/aromatic N) is 2. The minimum Gasteiger partial charge on any atom is -0.506 e. The van der Waals surface area contributed by atoms with Crippen LogP contribution in [0.1, 0.15) is 15.2 Å². The summed E-state index contributed by atoms with van der Waals surface area (Å²) >= 11 is 10.3. The zero-order valence-corrected chi connectivity index (χ0v) is 15.9. The number of hydrogen-bond acceptors (Lipinski definition) is 6. The van der Waals surface area contributed by atoms with E-state index in [4.69, 9.17) is 11.6 Å². The third kappa shape index (κ3) is 3.85. The summed E-state index contributed by atoms with van der Waals surface area (Å²) in [5.41, 5.74) is 2.64. The minimum absolute atomic E-state index is 0.0395. The Balaban J connectivity index is 1.78. The summed E-state index contributed by atoms with van der Waals surface area (Å²) < 4.78 is 1.40. The molecule has 0 bridgehead atoms. The molecule has 1 heterocycles. The molecule has 0 saturated carbocycles. The molecule has 0 spiro atoms. The second-order valence-corrected chi connectivity index (χ2v) is 7.52. The molecule has 0 aliphatic carbocycles. The molecule has 0 radical (unpaired) electrons. The van der Waals surface area contributed by atoms with Crippen LogP contribution in [0.25, 0.3) is 10.1 Å². The first-order chi connectivity index (χ1) is 12.3. The van der Waals surface area contributed by atoms with Crippen molar-refractivity contribution in [3.8, 4) is 5.75 Å². The standard InChI is InChI=1S/C16H9BrClN3O4S/c17-10-3-9(15(22)12(18)6-10)7-19-20-16(23)14-5-8-4-11(21(24)25)1-2-13(8)26-14/h1-7,22H,(H,20,23)/b19-7+. The van der Waals surface area contributed by atoms with Gasteiger partial charge >= 0.3 is 0 Å². The number of phenolic OH excluding ortho intramolecular Hbond substituents is 1. The van der Waals surface area contributed by atoms with Gasteiger partial charge in [0, 0.05) is 32.3 Å². The number of amides is 1. The molecule has 0 aliphatic heterocycles. The topological polar surface area (TPSA) is 105 Å². The maximum Gasteiger partial charge on any atom is 0.281 e. The van der Waals surface area contributed by atoms with Gasteiger partial charge < -0.3 is 5.11 Å². The summed E-state index contributed by atoms with van der Waals surface area (Å²) in [5.74, 6) is -0.618. The van der Waals surface area contributed by atoms with Crippen LogP contribution in [-0.2, 0) is 0 Å². The van der Waals surface area contributed by atoms with Gasteiger partial charge in [-0.25, -0.2) is 5.43 Å². The number of nitro benzene ring substituents is 1. The van der Waals surface area contributed by atoms with E-state index < -0.39 is 10.8 Å². The summed E-state index contributed by atoms with van der Waals surface area (Å²) in [4.78, 5) is 22.9. The molecule has 0 atom stereocenters. The van der Waals surface area contributed by atoms with E-state index in [1.54, 1.807) is 18.2 Å². The fraction of sp³-hybridized carbons (Fsp3) is 0. The molecule has 0 unspecified atom stereocenters. The van der Waals surface area contributed by atoms with E-state index in [-0.39, 0.29) is 16.5 Å². The first-order valence-electron chi connectivity index (χ1n) is 7.04. The molecule has 1 aromatic heterocycles. The smallest absolute Gasteiger partial charge is 0.281 e. The van der Waals surface area contributed by atoms with Gasteiger partial charge in [0.25, 0.3) is 11.6 Å². The Bertz CT molecular complexity index is 1070.